The molecule has 0 fully saturated rings. The van der Waals surface area contributed by atoms with E-state index in [9.17, 15) is 0 Å². The molecule has 0 aromatic heterocycles. The van der Waals surface area contributed by atoms with Crippen LogP contribution in [0.25, 0.3) is 0 Å². The van der Waals surface area contributed by atoms with Crippen LogP contribution in [-0.4, -0.2) is 14.2 Å². The van der Waals surface area contributed by atoms with Crippen molar-refractivity contribution in [2.45, 2.75) is 38.6 Å². The summed E-state index contributed by atoms with van der Waals surface area (Å²) in [7, 11) is 3.31. The Morgan fingerprint density at radius 2 is 1.83 bits per heavy atom. The van der Waals surface area contributed by atoms with Crippen LogP contribution in [0.1, 0.15) is 44.2 Å². The van der Waals surface area contributed by atoms with E-state index in [1.165, 1.54) is 12.8 Å². The van der Waals surface area contributed by atoms with Crippen molar-refractivity contribution in [3.63, 3.8) is 0 Å². The molecule has 0 saturated carbocycles. The average Bonchev–Trinajstić information content (AvgIpc) is 2.38. The molecule has 1 unspecified atom stereocenters. The van der Waals surface area contributed by atoms with Crippen molar-refractivity contribution in [3.8, 4) is 11.5 Å². The van der Waals surface area contributed by atoms with Gasteiger partial charge in [0, 0.05) is 11.6 Å². The Balaban J connectivity index is 2.90. The first-order chi connectivity index (χ1) is 8.63. The number of nitrogens with two attached hydrogens (primary N) is 1. The minimum absolute atomic E-state index is 0.00602. The molecule has 1 rings (SSSR count). The highest BCUT2D eigenvalue weighted by Gasteiger charge is 2.15. The highest BCUT2D eigenvalue weighted by molar-refractivity contribution is 9.10. The van der Waals surface area contributed by atoms with Gasteiger partial charge < -0.3 is 15.2 Å². The molecule has 0 heterocycles. The second-order valence-electron chi connectivity index (χ2n) is 4.33. The average molecular weight is 316 g/mol. The van der Waals surface area contributed by atoms with Gasteiger partial charge in [0.05, 0.1) is 18.7 Å². The van der Waals surface area contributed by atoms with Gasteiger partial charge in [-0.1, -0.05) is 26.2 Å². The van der Waals surface area contributed by atoms with Gasteiger partial charge in [-0.2, -0.15) is 0 Å². The van der Waals surface area contributed by atoms with Gasteiger partial charge in [0.2, 0.25) is 0 Å². The molecule has 3 nitrogen and oxygen atoms in total. The van der Waals surface area contributed by atoms with E-state index in [0.717, 1.165) is 34.4 Å². The third-order valence-corrected chi connectivity index (χ3v) is 3.64. The number of unbranched alkanes of at least 4 members (excludes halogenated alkanes) is 2. The highest BCUT2D eigenvalue weighted by Crippen LogP contribution is 2.36. The van der Waals surface area contributed by atoms with Crippen molar-refractivity contribution in [2.75, 3.05) is 14.2 Å². The molecule has 0 saturated heterocycles. The summed E-state index contributed by atoms with van der Waals surface area (Å²) >= 11 is 3.45. The maximum atomic E-state index is 6.23. The Kier molecular flexibility index (Phi) is 6.50. The molecule has 0 amide bonds. The first-order valence-electron chi connectivity index (χ1n) is 6.31. The fourth-order valence-corrected chi connectivity index (χ4v) is 2.43. The molecule has 1 aromatic rings. The van der Waals surface area contributed by atoms with E-state index in [2.05, 4.69) is 22.9 Å². The molecule has 0 aliphatic heterocycles. The van der Waals surface area contributed by atoms with Gasteiger partial charge in [-0.3, -0.25) is 0 Å². The summed E-state index contributed by atoms with van der Waals surface area (Å²) in [5, 5.41) is 0. The van der Waals surface area contributed by atoms with Gasteiger partial charge in [0.15, 0.2) is 0 Å². The summed E-state index contributed by atoms with van der Waals surface area (Å²) in [5.74, 6) is 1.60. The smallest absolute Gasteiger partial charge is 0.133 e. The molecule has 1 atom stereocenters. The van der Waals surface area contributed by atoms with Crippen LogP contribution in [0.2, 0.25) is 0 Å². The van der Waals surface area contributed by atoms with E-state index >= 15 is 0 Å². The van der Waals surface area contributed by atoms with E-state index < -0.39 is 0 Å². The SMILES string of the molecule is CCCCCC(N)c1cc(OC)c(Br)cc1OC. The van der Waals surface area contributed by atoms with E-state index in [1.807, 2.05) is 12.1 Å². The zero-order valence-electron chi connectivity index (χ0n) is 11.3. The van der Waals surface area contributed by atoms with Crippen LogP contribution in [0.15, 0.2) is 16.6 Å². The zero-order chi connectivity index (χ0) is 13.5. The second-order valence-corrected chi connectivity index (χ2v) is 5.19. The summed E-state index contributed by atoms with van der Waals surface area (Å²) in [6.45, 7) is 2.19. The number of methoxy groups -OCH3 is 2. The zero-order valence-corrected chi connectivity index (χ0v) is 12.9. The van der Waals surface area contributed by atoms with E-state index in [0.29, 0.717) is 0 Å². The summed E-state index contributed by atoms with van der Waals surface area (Å²) in [5.41, 5.74) is 7.24. The van der Waals surface area contributed by atoms with Crippen molar-refractivity contribution >= 4 is 15.9 Å². The van der Waals surface area contributed by atoms with Crippen molar-refractivity contribution < 1.29 is 9.47 Å². The number of ether oxygens (including phenoxy) is 2. The number of halogens is 1. The molecule has 18 heavy (non-hydrogen) atoms. The van der Waals surface area contributed by atoms with Crippen LogP contribution in [0.4, 0.5) is 0 Å². The third-order valence-electron chi connectivity index (χ3n) is 3.02. The van der Waals surface area contributed by atoms with Gasteiger partial charge in [0.25, 0.3) is 0 Å². The van der Waals surface area contributed by atoms with Gasteiger partial charge in [-0.15, -0.1) is 0 Å². The van der Waals surface area contributed by atoms with Crippen LogP contribution >= 0.6 is 15.9 Å². The lowest BCUT2D eigenvalue weighted by molar-refractivity contribution is 0.391. The molecular formula is C14H22BrNO2. The Labute approximate surface area is 118 Å². The fourth-order valence-electron chi connectivity index (χ4n) is 1.94. The quantitative estimate of drug-likeness (QED) is 0.772. The summed E-state index contributed by atoms with van der Waals surface area (Å²) in [6.07, 6.45) is 4.52. The Bertz CT molecular complexity index is 382. The first-order valence-corrected chi connectivity index (χ1v) is 7.10. The predicted octanol–water partition coefficient (Wildman–Crippen LogP) is 4.05. The molecule has 2 N–H and O–H groups in total. The molecular weight excluding hydrogens is 294 g/mol. The number of hydrogen-bond acceptors (Lipinski definition) is 3. The van der Waals surface area contributed by atoms with Crippen LogP contribution in [0.5, 0.6) is 11.5 Å². The summed E-state index contributed by atoms with van der Waals surface area (Å²) in [4.78, 5) is 0. The lowest BCUT2D eigenvalue weighted by atomic mass is 10.00. The van der Waals surface area contributed by atoms with Crippen LogP contribution < -0.4 is 15.2 Å². The molecule has 4 heteroatoms. The Hall–Kier alpha value is -0.740. The molecule has 0 aliphatic carbocycles. The summed E-state index contributed by atoms with van der Waals surface area (Å²) < 4.78 is 11.6. The summed E-state index contributed by atoms with van der Waals surface area (Å²) in [6, 6.07) is 3.86. The van der Waals surface area contributed by atoms with E-state index in [1.54, 1.807) is 14.2 Å². The van der Waals surface area contributed by atoms with Gasteiger partial charge in [-0.25, -0.2) is 0 Å². The topological polar surface area (TPSA) is 44.5 Å². The molecule has 0 aliphatic rings. The second kappa shape index (κ2) is 7.64. The maximum Gasteiger partial charge on any atom is 0.133 e. The number of hydrogen-bond donors (Lipinski definition) is 1. The van der Waals surface area contributed by atoms with Crippen LogP contribution in [0.3, 0.4) is 0 Å². The van der Waals surface area contributed by atoms with Gasteiger partial charge >= 0.3 is 0 Å². The Morgan fingerprint density at radius 1 is 1.17 bits per heavy atom. The standard InChI is InChI=1S/C14H22BrNO2/c1-4-5-6-7-12(16)10-8-14(18-3)11(15)9-13(10)17-2/h8-9,12H,4-7,16H2,1-3H3. The predicted molar refractivity (Wildman–Crippen MR) is 78.3 cm³/mol. The third kappa shape index (κ3) is 3.89. The molecule has 0 radical (unpaired) electrons. The van der Waals surface area contributed by atoms with Gasteiger partial charge in [0.1, 0.15) is 11.5 Å². The maximum absolute atomic E-state index is 6.23. The number of rotatable bonds is 7. The minimum Gasteiger partial charge on any atom is -0.496 e. The van der Waals surface area contributed by atoms with E-state index in [4.69, 9.17) is 15.2 Å². The lowest BCUT2D eigenvalue weighted by Gasteiger charge is -2.17. The van der Waals surface area contributed by atoms with Crippen molar-refractivity contribution in [3.05, 3.63) is 22.2 Å². The first kappa shape index (κ1) is 15.3. The molecule has 1 aromatic carbocycles. The van der Waals surface area contributed by atoms with Gasteiger partial charge in [-0.05, 0) is 34.5 Å². The van der Waals surface area contributed by atoms with Crippen molar-refractivity contribution in [2.24, 2.45) is 5.73 Å². The normalized spacial score (nSPS) is 12.3. The highest BCUT2D eigenvalue weighted by atomic mass is 79.9. The lowest BCUT2D eigenvalue weighted by Crippen LogP contribution is -2.12. The fraction of sp³-hybridized carbons (Fsp3) is 0.571. The molecule has 0 spiro atoms. The van der Waals surface area contributed by atoms with Crippen molar-refractivity contribution in [1.82, 2.24) is 0 Å². The van der Waals surface area contributed by atoms with E-state index in [-0.39, 0.29) is 6.04 Å². The monoisotopic (exact) mass is 315 g/mol. The van der Waals surface area contributed by atoms with Crippen LogP contribution in [-0.2, 0) is 0 Å². The molecule has 0 bridgehead atoms. The number of benzene rings is 1. The Morgan fingerprint density at radius 3 is 2.39 bits per heavy atom. The van der Waals surface area contributed by atoms with Crippen LogP contribution in [0, 0.1) is 0 Å². The van der Waals surface area contributed by atoms with Crippen molar-refractivity contribution in [1.29, 1.82) is 0 Å². The largest absolute Gasteiger partial charge is 0.496 e. The minimum atomic E-state index is -0.00602. The molecule has 102 valence electrons.